The molecule has 0 fully saturated rings. The number of hydrogen-bond acceptors (Lipinski definition) is 1. The predicted octanol–water partition coefficient (Wildman–Crippen LogP) is 3.93. The van der Waals surface area contributed by atoms with Crippen LogP contribution >= 0.6 is 0 Å². The van der Waals surface area contributed by atoms with Crippen molar-refractivity contribution in [2.75, 3.05) is 0 Å². The molecule has 0 aliphatic heterocycles. The predicted molar refractivity (Wildman–Crippen MR) is 61.1 cm³/mol. The Morgan fingerprint density at radius 1 is 1.29 bits per heavy atom. The van der Waals surface area contributed by atoms with Crippen molar-refractivity contribution in [2.24, 2.45) is 0 Å². The van der Waals surface area contributed by atoms with E-state index in [2.05, 4.69) is 19.1 Å². The molecule has 0 unspecified atom stereocenters. The molecule has 0 N–H and O–H groups in total. The Morgan fingerprint density at radius 2 is 2.00 bits per heavy atom. The molecule has 0 atom stereocenters. The molecule has 0 spiro atoms. The van der Waals surface area contributed by atoms with E-state index >= 15 is 0 Å². The van der Waals surface area contributed by atoms with Gasteiger partial charge in [-0.05, 0) is 30.5 Å². The Kier molecular flexibility index (Phi) is 7.55. The molecule has 0 saturated heterocycles. The summed E-state index contributed by atoms with van der Waals surface area (Å²) in [5, 5.41) is 8.64. The topological polar surface area (TPSA) is 23.8 Å². The van der Waals surface area contributed by atoms with Crippen LogP contribution < -0.4 is 0 Å². The Bertz CT molecular complexity index is 284. The van der Waals surface area contributed by atoms with E-state index in [4.69, 9.17) is 5.26 Å². The average Bonchev–Trinajstić information content (AvgIpc) is 2.29. The number of hydrogen-bond donors (Lipinski definition) is 0. The smallest absolute Gasteiger partial charge is 0.0991 e. The number of nitrogens with zero attached hydrogens (tertiary/aromatic N) is 1. The molecule has 14 heavy (non-hydrogen) atoms. The first-order valence-corrected chi connectivity index (χ1v) is 5.36. The van der Waals surface area contributed by atoms with Gasteiger partial charge in [0.15, 0.2) is 0 Å². The van der Waals surface area contributed by atoms with Crippen LogP contribution in [-0.2, 0) is 6.42 Å². The monoisotopic (exact) mass is 189 g/mol. The third-order valence-corrected chi connectivity index (χ3v) is 1.88. The molecule has 76 valence electrons. The van der Waals surface area contributed by atoms with Gasteiger partial charge < -0.3 is 0 Å². The summed E-state index contributed by atoms with van der Waals surface area (Å²) in [6.07, 6.45) is 3.50. The zero-order valence-corrected chi connectivity index (χ0v) is 9.38. The molecular weight excluding hydrogens is 170 g/mol. The van der Waals surface area contributed by atoms with Crippen LogP contribution in [0.3, 0.4) is 0 Å². The molecule has 1 aromatic carbocycles. The minimum Gasteiger partial charge on any atom is -0.192 e. The summed E-state index contributed by atoms with van der Waals surface area (Å²) < 4.78 is 0. The van der Waals surface area contributed by atoms with Crippen molar-refractivity contribution in [3.8, 4) is 6.07 Å². The van der Waals surface area contributed by atoms with Crippen LogP contribution in [0.25, 0.3) is 0 Å². The standard InChI is InChI=1S/C11H13N.C2H6/c1-2-3-5-10-6-4-7-11(8-10)9-12;1-2/h4,6-8H,2-3,5H2,1H3;1-2H3. The molecule has 1 aromatic rings. The third-order valence-electron chi connectivity index (χ3n) is 1.88. The molecule has 0 saturated carbocycles. The van der Waals surface area contributed by atoms with E-state index in [1.54, 1.807) is 0 Å². The van der Waals surface area contributed by atoms with Crippen LogP contribution in [0.15, 0.2) is 24.3 Å². The van der Waals surface area contributed by atoms with Gasteiger partial charge in [-0.3, -0.25) is 0 Å². The van der Waals surface area contributed by atoms with E-state index in [1.165, 1.54) is 18.4 Å². The van der Waals surface area contributed by atoms with Crippen LogP contribution in [0, 0.1) is 11.3 Å². The minimum absolute atomic E-state index is 0.767. The molecule has 0 aromatic heterocycles. The number of benzene rings is 1. The van der Waals surface area contributed by atoms with Gasteiger partial charge in [0.25, 0.3) is 0 Å². The summed E-state index contributed by atoms with van der Waals surface area (Å²) in [5.41, 5.74) is 2.04. The molecular formula is C13H19N. The molecule has 0 aliphatic rings. The van der Waals surface area contributed by atoms with E-state index in [0.717, 1.165) is 12.0 Å². The Morgan fingerprint density at radius 3 is 2.57 bits per heavy atom. The zero-order chi connectivity index (χ0) is 10.8. The van der Waals surface area contributed by atoms with Crippen molar-refractivity contribution in [2.45, 2.75) is 40.0 Å². The summed E-state index contributed by atoms with van der Waals surface area (Å²) in [7, 11) is 0. The number of nitriles is 1. The van der Waals surface area contributed by atoms with E-state index in [-0.39, 0.29) is 0 Å². The molecule has 1 rings (SSSR count). The van der Waals surface area contributed by atoms with E-state index in [9.17, 15) is 0 Å². The maximum atomic E-state index is 8.64. The zero-order valence-electron chi connectivity index (χ0n) is 9.38. The highest BCUT2D eigenvalue weighted by Gasteiger charge is 1.93. The largest absolute Gasteiger partial charge is 0.192 e. The molecule has 0 aliphatic carbocycles. The van der Waals surface area contributed by atoms with Crippen molar-refractivity contribution in [1.29, 1.82) is 5.26 Å². The first kappa shape index (κ1) is 12.7. The van der Waals surface area contributed by atoms with Gasteiger partial charge in [-0.15, -0.1) is 0 Å². The Labute approximate surface area is 87.4 Å². The van der Waals surface area contributed by atoms with E-state index in [0.29, 0.717) is 0 Å². The summed E-state index contributed by atoms with van der Waals surface area (Å²) in [5.74, 6) is 0. The second-order valence-corrected chi connectivity index (χ2v) is 2.92. The molecule has 0 bridgehead atoms. The minimum atomic E-state index is 0.767. The summed E-state index contributed by atoms with van der Waals surface area (Å²) in [6, 6.07) is 9.98. The van der Waals surface area contributed by atoms with Crippen molar-refractivity contribution in [3.63, 3.8) is 0 Å². The normalized spacial score (nSPS) is 8.43. The lowest BCUT2D eigenvalue weighted by Crippen LogP contribution is -1.85. The number of aryl methyl sites for hydroxylation is 1. The quantitative estimate of drug-likeness (QED) is 0.706. The van der Waals surface area contributed by atoms with Gasteiger partial charge in [0, 0.05) is 0 Å². The van der Waals surface area contributed by atoms with Crippen LogP contribution in [0.1, 0.15) is 44.7 Å². The molecule has 1 nitrogen and oxygen atoms in total. The van der Waals surface area contributed by atoms with Gasteiger partial charge in [-0.1, -0.05) is 39.3 Å². The molecule has 0 radical (unpaired) electrons. The Balaban J connectivity index is 0.000000791. The van der Waals surface area contributed by atoms with E-state index < -0.39 is 0 Å². The van der Waals surface area contributed by atoms with Crippen molar-refractivity contribution in [3.05, 3.63) is 35.4 Å². The summed E-state index contributed by atoms with van der Waals surface area (Å²) >= 11 is 0. The maximum Gasteiger partial charge on any atom is 0.0991 e. The third kappa shape index (κ3) is 4.67. The van der Waals surface area contributed by atoms with E-state index in [1.807, 2.05) is 32.0 Å². The van der Waals surface area contributed by atoms with Gasteiger partial charge >= 0.3 is 0 Å². The average molecular weight is 189 g/mol. The van der Waals surface area contributed by atoms with Crippen molar-refractivity contribution in [1.82, 2.24) is 0 Å². The summed E-state index contributed by atoms with van der Waals surface area (Å²) in [4.78, 5) is 0. The Hall–Kier alpha value is -1.29. The first-order valence-electron chi connectivity index (χ1n) is 5.36. The molecule has 0 heterocycles. The van der Waals surface area contributed by atoms with Gasteiger partial charge in [0.05, 0.1) is 11.6 Å². The molecule has 1 heteroatoms. The summed E-state index contributed by atoms with van der Waals surface area (Å²) in [6.45, 7) is 6.17. The highest BCUT2D eigenvalue weighted by molar-refractivity contribution is 5.32. The van der Waals surface area contributed by atoms with Crippen molar-refractivity contribution >= 4 is 0 Å². The first-order chi connectivity index (χ1) is 6.86. The maximum absolute atomic E-state index is 8.64. The fourth-order valence-electron chi connectivity index (χ4n) is 1.18. The fraction of sp³-hybridized carbons (Fsp3) is 0.462. The van der Waals surface area contributed by atoms with Crippen molar-refractivity contribution < 1.29 is 0 Å². The number of rotatable bonds is 3. The van der Waals surface area contributed by atoms with Crippen LogP contribution in [0.4, 0.5) is 0 Å². The van der Waals surface area contributed by atoms with Gasteiger partial charge in [-0.25, -0.2) is 0 Å². The van der Waals surface area contributed by atoms with Gasteiger partial charge in [0.1, 0.15) is 0 Å². The van der Waals surface area contributed by atoms with Crippen LogP contribution in [0.2, 0.25) is 0 Å². The van der Waals surface area contributed by atoms with Crippen LogP contribution in [0.5, 0.6) is 0 Å². The van der Waals surface area contributed by atoms with Gasteiger partial charge in [-0.2, -0.15) is 5.26 Å². The second kappa shape index (κ2) is 8.31. The SMILES string of the molecule is CC.CCCCc1cccc(C#N)c1. The highest BCUT2D eigenvalue weighted by atomic mass is 14.2. The number of unbranched alkanes of at least 4 members (excludes halogenated alkanes) is 1. The fourth-order valence-corrected chi connectivity index (χ4v) is 1.18. The molecule has 0 amide bonds. The van der Waals surface area contributed by atoms with Gasteiger partial charge in [0.2, 0.25) is 0 Å². The lowest BCUT2D eigenvalue weighted by Gasteiger charge is -1.98. The van der Waals surface area contributed by atoms with Crippen LogP contribution in [-0.4, -0.2) is 0 Å². The lowest BCUT2D eigenvalue weighted by molar-refractivity contribution is 0.795. The lowest BCUT2D eigenvalue weighted by atomic mass is 10.1. The second-order valence-electron chi connectivity index (χ2n) is 2.92. The highest BCUT2D eigenvalue weighted by Crippen LogP contribution is 2.07.